The van der Waals surface area contributed by atoms with Crippen molar-refractivity contribution in [2.75, 3.05) is 18.4 Å². The number of nitrogens with two attached hydrogens (primary N) is 1. The zero-order chi connectivity index (χ0) is 12.0. The van der Waals surface area contributed by atoms with Crippen molar-refractivity contribution >= 4 is 17.4 Å². The van der Waals surface area contributed by atoms with E-state index >= 15 is 0 Å². The second kappa shape index (κ2) is 5.66. The third-order valence-electron chi connectivity index (χ3n) is 1.74. The maximum absolute atomic E-state index is 11.2. The Labute approximate surface area is 91.8 Å². The summed E-state index contributed by atoms with van der Waals surface area (Å²) < 4.78 is 0. The Morgan fingerprint density at radius 1 is 1.50 bits per heavy atom. The summed E-state index contributed by atoms with van der Waals surface area (Å²) in [7, 11) is 0. The normalized spacial score (nSPS) is 9.56. The highest BCUT2D eigenvalue weighted by Crippen LogP contribution is 2.16. The molecule has 0 saturated heterocycles. The van der Waals surface area contributed by atoms with E-state index in [1.54, 1.807) is 6.07 Å². The molecule has 7 heteroatoms. The lowest BCUT2D eigenvalue weighted by Gasteiger charge is -2.05. The molecule has 1 aromatic rings. The minimum Gasteiger partial charge on any atom is -0.337 e. The molecule has 0 aromatic heterocycles. The first-order valence-electron chi connectivity index (χ1n) is 4.63. The second-order valence-corrected chi connectivity index (χ2v) is 2.98. The van der Waals surface area contributed by atoms with Crippen LogP contribution >= 0.6 is 0 Å². The van der Waals surface area contributed by atoms with Crippen LogP contribution in [0, 0.1) is 10.1 Å². The maximum Gasteiger partial charge on any atom is 0.319 e. The Morgan fingerprint density at radius 2 is 2.25 bits per heavy atom. The van der Waals surface area contributed by atoms with Crippen LogP contribution in [0.25, 0.3) is 0 Å². The van der Waals surface area contributed by atoms with Gasteiger partial charge in [0.2, 0.25) is 0 Å². The van der Waals surface area contributed by atoms with Gasteiger partial charge in [-0.25, -0.2) is 4.79 Å². The Morgan fingerprint density at radius 3 is 2.88 bits per heavy atom. The third-order valence-corrected chi connectivity index (χ3v) is 1.74. The molecule has 0 radical (unpaired) electrons. The summed E-state index contributed by atoms with van der Waals surface area (Å²) in [4.78, 5) is 21.2. The third kappa shape index (κ3) is 3.54. The predicted molar refractivity (Wildman–Crippen MR) is 59.2 cm³/mol. The Balaban J connectivity index is 2.63. The minimum atomic E-state index is -0.525. The molecule has 1 rings (SSSR count). The van der Waals surface area contributed by atoms with Crippen LogP contribution in [0.4, 0.5) is 16.2 Å². The fraction of sp³-hybridized carbons (Fsp3) is 0.222. The van der Waals surface area contributed by atoms with E-state index in [2.05, 4.69) is 10.6 Å². The SMILES string of the molecule is NCCNC(=O)Nc1cccc([N+](=O)[O-])c1. The molecule has 0 saturated carbocycles. The maximum atomic E-state index is 11.2. The van der Waals surface area contributed by atoms with E-state index in [4.69, 9.17) is 5.73 Å². The van der Waals surface area contributed by atoms with Crippen molar-refractivity contribution < 1.29 is 9.72 Å². The number of hydrogen-bond donors (Lipinski definition) is 3. The number of anilines is 1. The molecule has 7 nitrogen and oxygen atoms in total. The Hall–Kier alpha value is -2.15. The van der Waals surface area contributed by atoms with Crippen molar-refractivity contribution in [1.29, 1.82) is 0 Å². The first-order chi connectivity index (χ1) is 7.63. The quantitative estimate of drug-likeness (QED) is 0.515. The monoisotopic (exact) mass is 224 g/mol. The van der Waals surface area contributed by atoms with Gasteiger partial charge in [-0.15, -0.1) is 0 Å². The van der Waals surface area contributed by atoms with Crippen LogP contribution in [0.3, 0.4) is 0 Å². The number of nitrogens with one attached hydrogen (secondary N) is 2. The van der Waals surface area contributed by atoms with Gasteiger partial charge in [-0.2, -0.15) is 0 Å². The molecule has 0 bridgehead atoms. The van der Waals surface area contributed by atoms with Gasteiger partial charge in [-0.3, -0.25) is 10.1 Å². The van der Waals surface area contributed by atoms with Gasteiger partial charge in [0.05, 0.1) is 4.92 Å². The molecule has 0 aliphatic heterocycles. The van der Waals surface area contributed by atoms with Crippen LogP contribution in [-0.4, -0.2) is 24.0 Å². The molecule has 0 fully saturated rings. The van der Waals surface area contributed by atoms with Crippen LogP contribution in [-0.2, 0) is 0 Å². The molecular weight excluding hydrogens is 212 g/mol. The molecule has 0 aliphatic rings. The summed E-state index contributed by atoms with van der Waals surface area (Å²) in [6.07, 6.45) is 0. The zero-order valence-electron chi connectivity index (χ0n) is 8.47. The topological polar surface area (TPSA) is 110 Å². The Bertz CT molecular complexity index is 394. The second-order valence-electron chi connectivity index (χ2n) is 2.98. The fourth-order valence-electron chi connectivity index (χ4n) is 1.06. The largest absolute Gasteiger partial charge is 0.337 e. The molecule has 0 unspecified atom stereocenters. The van der Waals surface area contributed by atoms with Gasteiger partial charge < -0.3 is 16.4 Å². The highest BCUT2D eigenvalue weighted by atomic mass is 16.6. The molecule has 1 aromatic carbocycles. The smallest absolute Gasteiger partial charge is 0.319 e. The van der Waals surface area contributed by atoms with Crippen LogP contribution in [0.15, 0.2) is 24.3 Å². The van der Waals surface area contributed by atoms with E-state index in [0.29, 0.717) is 18.8 Å². The van der Waals surface area contributed by atoms with Crippen molar-refractivity contribution in [2.45, 2.75) is 0 Å². The van der Waals surface area contributed by atoms with E-state index in [9.17, 15) is 14.9 Å². The minimum absolute atomic E-state index is 0.0726. The molecule has 0 aliphatic carbocycles. The van der Waals surface area contributed by atoms with Gasteiger partial charge >= 0.3 is 6.03 Å². The van der Waals surface area contributed by atoms with E-state index in [1.807, 2.05) is 0 Å². The number of non-ortho nitro benzene ring substituents is 1. The van der Waals surface area contributed by atoms with Gasteiger partial charge in [0.15, 0.2) is 0 Å². The van der Waals surface area contributed by atoms with Crippen molar-refractivity contribution in [3.63, 3.8) is 0 Å². The number of nitro benzene ring substituents is 1. The first kappa shape index (κ1) is 11.9. The van der Waals surface area contributed by atoms with Gasteiger partial charge in [0.1, 0.15) is 0 Å². The van der Waals surface area contributed by atoms with Crippen LogP contribution in [0.1, 0.15) is 0 Å². The molecule has 4 N–H and O–H groups in total. The highest BCUT2D eigenvalue weighted by Gasteiger charge is 2.07. The van der Waals surface area contributed by atoms with E-state index < -0.39 is 11.0 Å². The molecule has 2 amide bonds. The highest BCUT2D eigenvalue weighted by molar-refractivity contribution is 5.89. The van der Waals surface area contributed by atoms with Crippen molar-refractivity contribution in [3.8, 4) is 0 Å². The van der Waals surface area contributed by atoms with Gasteiger partial charge in [-0.1, -0.05) is 6.07 Å². The zero-order valence-corrected chi connectivity index (χ0v) is 8.47. The number of rotatable bonds is 4. The number of carbonyl (C=O) groups is 1. The lowest BCUT2D eigenvalue weighted by atomic mass is 10.3. The van der Waals surface area contributed by atoms with E-state index in [-0.39, 0.29) is 5.69 Å². The van der Waals surface area contributed by atoms with Crippen LogP contribution < -0.4 is 16.4 Å². The van der Waals surface area contributed by atoms with Crippen LogP contribution in [0.5, 0.6) is 0 Å². The van der Waals surface area contributed by atoms with Crippen LogP contribution in [0.2, 0.25) is 0 Å². The summed E-state index contributed by atoms with van der Waals surface area (Å²) >= 11 is 0. The number of benzene rings is 1. The fourth-order valence-corrected chi connectivity index (χ4v) is 1.06. The van der Waals surface area contributed by atoms with E-state index in [0.717, 1.165) is 0 Å². The number of urea groups is 1. The number of carbonyl (C=O) groups excluding carboxylic acids is 1. The van der Waals surface area contributed by atoms with Gasteiger partial charge in [-0.05, 0) is 6.07 Å². The number of nitrogens with zero attached hydrogens (tertiary/aromatic N) is 1. The summed E-state index contributed by atoms with van der Waals surface area (Å²) in [5.41, 5.74) is 5.49. The number of amides is 2. The van der Waals surface area contributed by atoms with Crippen molar-refractivity contribution in [3.05, 3.63) is 34.4 Å². The average Bonchev–Trinajstić information content (AvgIpc) is 2.26. The Kier molecular flexibility index (Phi) is 4.22. The number of hydrogen-bond acceptors (Lipinski definition) is 4. The first-order valence-corrected chi connectivity index (χ1v) is 4.63. The average molecular weight is 224 g/mol. The lowest BCUT2D eigenvalue weighted by molar-refractivity contribution is -0.384. The standard InChI is InChI=1S/C9H12N4O3/c10-4-5-11-9(14)12-7-2-1-3-8(6-7)13(15)16/h1-3,6H,4-5,10H2,(H2,11,12,14). The molecule has 0 spiro atoms. The van der Waals surface area contributed by atoms with Crippen molar-refractivity contribution in [2.24, 2.45) is 5.73 Å². The molecule has 0 heterocycles. The van der Waals surface area contributed by atoms with Crippen molar-refractivity contribution in [1.82, 2.24) is 5.32 Å². The van der Waals surface area contributed by atoms with Gasteiger partial charge in [0.25, 0.3) is 5.69 Å². The summed E-state index contributed by atoms with van der Waals surface area (Å²) in [6.45, 7) is 0.684. The summed E-state index contributed by atoms with van der Waals surface area (Å²) in [5, 5.41) is 15.4. The van der Waals surface area contributed by atoms with E-state index in [1.165, 1.54) is 18.2 Å². The summed E-state index contributed by atoms with van der Waals surface area (Å²) in [5.74, 6) is 0. The lowest BCUT2D eigenvalue weighted by Crippen LogP contribution is -2.32. The summed E-state index contributed by atoms with van der Waals surface area (Å²) in [6, 6.07) is 5.25. The molecule has 0 atom stereocenters. The predicted octanol–water partition coefficient (Wildman–Crippen LogP) is 0.675. The van der Waals surface area contributed by atoms with Gasteiger partial charge in [0, 0.05) is 30.9 Å². The molecular formula is C9H12N4O3. The number of nitro groups is 1. The molecule has 86 valence electrons. The molecule has 16 heavy (non-hydrogen) atoms.